The summed E-state index contributed by atoms with van der Waals surface area (Å²) in [7, 11) is 1.32. The minimum atomic E-state index is -4.56. The van der Waals surface area contributed by atoms with Gasteiger partial charge in [-0.1, -0.05) is 271 Å². The summed E-state index contributed by atoms with van der Waals surface area (Å²) in [6, 6.07) is -0.794. The number of phosphoric acid groups is 1. The van der Waals surface area contributed by atoms with Gasteiger partial charge in [-0.2, -0.15) is 0 Å². The van der Waals surface area contributed by atoms with Gasteiger partial charge in [0.25, 0.3) is 7.82 Å². The number of nitrogens with zero attached hydrogens (tertiary/aromatic N) is 1. The number of phosphoric ester groups is 1. The molecule has 0 heterocycles. The van der Waals surface area contributed by atoms with Crippen molar-refractivity contribution < 1.29 is 32.9 Å². The van der Waals surface area contributed by atoms with E-state index in [4.69, 9.17) is 9.05 Å². The van der Waals surface area contributed by atoms with Crippen molar-refractivity contribution in [1.29, 1.82) is 0 Å². The van der Waals surface area contributed by atoms with Crippen molar-refractivity contribution in [3.8, 4) is 0 Å². The van der Waals surface area contributed by atoms with Crippen LogP contribution in [-0.2, 0) is 18.4 Å². The van der Waals surface area contributed by atoms with Gasteiger partial charge in [0.15, 0.2) is 0 Å². The van der Waals surface area contributed by atoms with E-state index in [1.54, 1.807) is 0 Å². The minimum absolute atomic E-state index is 0.0165. The number of carbonyl (C=O) groups excluding carboxylic acids is 1. The van der Waals surface area contributed by atoms with Crippen molar-refractivity contribution in [3.05, 3.63) is 0 Å². The minimum Gasteiger partial charge on any atom is -0.756 e. The number of quaternary nitrogens is 1. The van der Waals surface area contributed by atoms with Crippen LogP contribution in [-0.4, -0.2) is 68.5 Å². The van der Waals surface area contributed by atoms with Gasteiger partial charge in [0.05, 0.1) is 39.9 Å². The number of hydrogen-bond donors (Lipinski definition) is 2. The molecule has 8 nitrogen and oxygen atoms in total. The number of hydrogen-bond acceptors (Lipinski definition) is 6. The average molecular weight is 915 g/mol. The predicted molar refractivity (Wildman–Crippen MR) is 270 cm³/mol. The Bertz CT molecular complexity index is 994. The van der Waals surface area contributed by atoms with Gasteiger partial charge >= 0.3 is 0 Å². The van der Waals surface area contributed by atoms with Gasteiger partial charge in [-0.3, -0.25) is 9.36 Å². The molecule has 0 aromatic heterocycles. The van der Waals surface area contributed by atoms with Crippen molar-refractivity contribution in [2.24, 2.45) is 0 Å². The molecular formula is C54H111N2O6P. The molecule has 3 atom stereocenters. The topological polar surface area (TPSA) is 108 Å². The molecule has 0 rings (SSSR count). The van der Waals surface area contributed by atoms with Gasteiger partial charge < -0.3 is 28.8 Å². The monoisotopic (exact) mass is 915 g/mol. The van der Waals surface area contributed by atoms with E-state index in [-0.39, 0.29) is 19.1 Å². The van der Waals surface area contributed by atoms with E-state index in [1.807, 2.05) is 21.1 Å². The highest BCUT2D eigenvalue weighted by Crippen LogP contribution is 2.38. The van der Waals surface area contributed by atoms with Gasteiger partial charge in [-0.05, 0) is 12.8 Å². The number of aliphatic hydroxyl groups excluding tert-OH is 1. The van der Waals surface area contributed by atoms with Gasteiger partial charge in [0.2, 0.25) is 5.91 Å². The van der Waals surface area contributed by atoms with Crippen LogP contribution >= 0.6 is 7.82 Å². The molecule has 0 spiro atoms. The molecule has 0 saturated carbocycles. The fourth-order valence-electron chi connectivity index (χ4n) is 8.69. The third-order valence-corrected chi connectivity index (χ3v) is 14.1. The zero-order valence-corrected chi connectivity index (χ0v) is 44.0. The maximum Gasteiger partial charge on any atom is 0.268 e. The Morgan fingerprint density at radius 1 is 0.492 bits per heavy atom. The van der Waals surface area contributed by atoms with E-state index in [1.165, 1.54) is 225 Å². The number of rotatable bonds is 52. The quantitative estimate of drug-likeness (QED) is 0.0357. The van der Waals surface area contributed by atoms with Crippen molar-refractivity contribution in [2.45, 2.75) is 302 Å². The molecule has 0 saturated heterocycles. The van der Waals surface area contributed by atoms with Crippen LogP contribution in [0.25, 0.3) is 0 Å². The van der Waals surface area contributed by atoms with Crippen LogP contribution in [0.15, 0.2) is 0 Å². The summed E-state index contributed by atoms with van der Waals surface area (Å²) in [5.74, 6) is -0.157. The summed E-state index contributed by atoms with van der Waals surface area (Å²) in [4.78, 5) is 25.5. The summed E-state index contributed by atoms with van der Waals surface area (Å²) >= 11 is 0. The van der Waals surface area contributed by atoms with E-state index in [0.29, 0.717) is 23.9 Å². The number of likely N-dealkylation sites (N-methyl/N-ethyl adjacent to an activating group) is 1. The lowest BCUT2D eigenvalue weighted by Crippen LogP contribution is -2.46. The summed E-state index contributed by atoms with van der Waals surface area (Å²) in [6.07, 6.45) is 54.1. The second kappa shape index (κ2) is 46.6. The molecule has 2 N–H and O–H groups in total. The fraction of sp³-hybridized carbons (Fsp3) is 0.981. The molecule has 0 aliphatic heterocycles. The Balaban J connectivity index is 4.10. The van der Waals surface area contributed by atoms with E-state index >= 15 is 0 Å². The molecule has 0 fully saturated rings. The normalized spacial score (nSPS) is 14.0. The van der Waals surface area contributed by atoms with Crippen LogP contribution in [0.1, 0.15) is 290 Å². The van der Waals surface area contributed by atoms with Crippen LogP contribution in [0.5, 0.6) is 0 Å². The van der Waals surface area contributed by atoms with E-state index in [2.05, 4.69) is 19.2 Å². The first-order valence-electron chi connectivity index (χ1n) is 27.9. The standard InChI is InChI=1S/C54H111N2O6P/c1-6-8-10-12-14-16-18-20-22-24-25-26-27-28-29-30-31-32-34-36-38-40-42-44-46-48-54(58)55-52(51-62-63(59,60)61-50-49-56(3,4)5)53(57)47-45-43-41-39-37-35-33-23-21-19-17-15-13-11-9-7-2/h52-53,57H,6-51H2,1-5H3,(H-,55,58,59,60)/t52-,53+/m0/s1. The molecule has 0 aliphatic carbocycles. The molecule has 1 unspecified atom stereocenters. The van der Waals surface area contributed by atoms with Gasteiger partial charge in [-0.15, -0.1) is 0 Å². The first kappa shape index (κ1) is 62.5. The Morgan fingerprint density at radius 2 is 0.778 bits per heavy atom. The highest BCUT2D eigenvalue weighted by Gasteiger charge is 2.24. The highest BCUT2D eigenvalue weighted by molar-refractivity contribution is 7.45. The maximum atomic E-state index is 13.0. The van der Waals surface area contributed by atoms with E-state index in [9.17, 15) is 19.4 Å². The van der Waals surface area contributed by atoms with Crippen LogP contribution < -0.4 is 10.2 Å². The Morgan fingerprint density at radius 3 is 1.08 bits per heavy atom. The molecule has 0 aromatic carbocycles. The van der Waals surface area contributed by atoms with E-state index in [0.717, 1.165) is 38.5 Å². The third kappa shape index (κ3) is 49.2. The molecule has 378 valence electrons. The number of aliphatic hydroxyl groups is 1. The third-order valence-electron chi connectivity index (χ3n) is 13.1. The average Bonchev–Trinajstić information content (AvgIpc) is 3.24. The largest absolute Gasteiger partial charge is 0.756 e. The maximum absolute atomic E-state index is 13.0. The number of amides is 1. The molecular weight excluding hydrogens is 804 g/mol. The zero-order valence-electron chi connectivity index (χ0n) is 43.1. The summed E-state index contributed by atoms with van der Waals surface area (Å²) in [6.45, 7) is 4.77. The van der Waals surface area contributed by atoms with Crippen molar-refractivity contribution in [2.75, 3.05) is 40.9 Å². The molecule has 0 aromatic rings. The predicted octanol–water partition coefficient (Wildman–Crippen LogP) is 15.9. The molecule has 1 amide bonds. The van der Waals surface area contributed by atoms with E-state index < -0.39 is 20.0 Å². The van der Waals surface area contributed by atoms with Crippen LogP contribution in [0.4, 0.5) is 0 Å². The molecule has 0 bridgehead atoms. The van der Waals surface area contributed by atoms with Gasteiger partial charge in [0.1, 0.15) is 13.2 Å². The zero-order chi connectivity index (χ0) is 46.4. The van der Waals surface area contributed by atoms with Crippen LogP contribution in [0.3, 0.4) is 0 Å². The lowest BCUT2D eigenvalue weighted by Gasteiger charge is -2.30. The summed E-state index contributed by atoms with van der Waals surface area (Å²) in [5, 5.41) is 14.0. The van der Waals surface area contributed by atoms with Gasteiger partial charge in [-0.25, -0.2) is 0 Å². The van der Waals surface area contributed by atoms with Gasteiger partial charge in [0, 0.05) is 6.42 Å². The fourth-order valence-corrected chi connectivity index (χ4v) is 9.41. The lowest BCUT2D eigenvalue weighted by molar-refractivity contribution is -0.870. The number of unbranched alkanes of at least 4 members (excludes halogenated alkanes) is 39. The van der Waals surface area contributed by atoms with Crippen LogP contribution in [0, 0.1) is 0 Å². The highest BCUT2D eigenvalue weighted by atomic mass is 31.2. The Labute approximate surface area is 393 Å². The van der Waals surface area contributed by atoms with Crippen molar-refractivity contribution in [1.82, 2.24) is 5.32 Å². The second-order valence-electron chi connectivity index (χ2n) is 20.7. The number of nitrogens with one attached hydrogen (secondary N) is 1. The van der Waals surface area contributed by atoms with Crippen molar-refractivity contribution >= 4 is 13.7 Å². The SMILES string of the molecule is CCCCCCCCCCCCCCCCCCCCCCCCCCCC(=O)N[C@@H](COP(=O)([O-])OCC[N+](C)(C)C)[C@H](O)CCCCCCCCCCCCCCCCCC. The van der Waals surface area contributed by atoms with Crippen LogP contribution in [0.2, 0.25) is 0 Å². The first-order valence-corrected chi connectivity index (χ1v) is 29.3. The smallest absolute Gasteiger partial charge is 0.268 e. The molecule has 9 heteroatoms. The number of carbonyl (C=O) groups is 1. The first-order chi connectivity index (χ1) is 30.5. The van der Waals surface area contributed by atoms with Crippen molar-refractivity contribution in [3.63, 3.8) is 0 Å². The Kier molecular flexibility index (Phi) is 46.2. The molecule has 0 aliphatic rings. The second-order valence-corrected chi connectivity index (χ2v) is 22.1. The molecule has 63 heavy (non-hydrogen) atoms. The lowest BCUT2D eigenvalue weighted by atomic mass is 10.0. The molecule has 0 radical (unpaired) electrons. The summed E-state index contributed by atoms with van der Waals surface area (Å²) in [5.41, 5.74) is 0. The Hall–Kier alpha value is -0.500. The summed E-state index contributed by atoms with van der Waals surface area (Å²) < 4.78 is 23.4.